The molecule has 0 amide bonds. The number of hydrogen-bond donors (Lipinski definition) is 1. The van der Waals surface area contributed by atoms with E-state index in [2.05, 4.69) is 48.8 Å². The Labute approximate surface area is 247 Å². The van der Waals surface area contributed by atoms with Crippen molar-refractivity contribution in [3.63, 3.8) is 0 Å². The predicted molar refractivity (Wildman–Crippen MR) is 161 cm³/mol. The van der Waals surface area contributed by atoms with E-state index in [0.717, 1.165) is 34.0 Å². The Morgan fingerprint density at radius 3 is 2.52 bits per heavy atom. The van der Waals surface area contributed by atoms with Crippen LogP contribution in [-0.4, -0.2) is 43.2 Å². The van der Waals surface area contributed by atoms with Crippen LogP contribution in [0.2, 0.25) is 0 Å². The topological polar surface area (TPSA) is 104 Å². The molecule has 0 spiro atoms. The van der Waals surface area contributed by atoms with Crippen LogP contribution in [0.5, 0.6) is 0 Å². The molecule has 5 aromatic rings. The molecule has 0 unspecified atom stereocenters. The van der Waals surface area contributed by atoms with E-state index in [0.29, 0.717) is 46.8 Å². The number of benzene rings is 1. The Morgan fingerprint density at radius 1 is 1.10 bits per heavy atom. The highest BCUT2D eigenvalue weighted by Crippen LogP contribution is 2.38. The molecular weight excluding hydrogens is 615 g/mol. The van der Waals surface area contributed by atoms with E-state index < -0.39 is 0 Å². The summed E-state index contributed by atoms with van der Waals surface area (Å²) in [6, 6.07) is 12.3. The zero-order valence-corrected chi connectivity index (χ0v) is 24.9. The molecule has 13 heteroatoms. The number of anilines is 3. The summed E-state index contributed by atoms with van der Waals surface area (Å²) in [4.78, 5) is 21.1. The van der Waals surface area contributed by atoms with Crippen molar-refractivity contribution in [3.05, 3.63) is 71.4 Å². The zero-order chi connectivity index (χ0) is 28.1. The Kier molecular flexibility index (Phi) is 8.91. The minimum Gasteiger partial charge on any atom is -0.307 e. The summed E-state index contributed by atoms with van der Waals surface area (Å²) in [5.74, 6) is 1.81. The number of fused-ring (bicyclic) bond motifs is 1. The summed E-state index contributed by atoms with van der Waals surface area (Å²) < 4.78 is 23.5. The summed E-state index contributed by atoms with van der Waals surface area (Å²) in [5, 5.41) is 10.5. The highest BCUT2D eigenvalue weighted by molar-refractivity contribution is 9.06. The van der Waals surface area contributed by atoms with E-state index in [4.69, 9.17) is 13.8 Å². The minimum atomic E-state index is -0.336. The highest BCUT2D eigenvalue weighted by atomic mass is 79.9. The number of nitrogens with one attached hydrogen (secondary N) is 1. The van der Waals surface area contributed by atoms with E-state index in [1.807, 2.05) is 29.7 Å². The van der Waals surface area contributed by atoms with Crippen LogP contribution in [0.25, 0.3) is 28.0 Å². The number of hydrogen-bond acceptors (Lipinski definition) is 10. The number of aryl methyl sites for hydroxylation is 1. The van der Waals surface area contributed by atoms with Gasteiger partial charge in [-0.15, -0.1) is 0 Å². The van der Waals surface area contributed by atoms with Crippen molar-refractivity contribution in [1.82, 2.24) is 24.3 Å². The number of thiazole rings is 1. The minimum absolute atomic E-state index is 0.336. The molecule has 1 aromatic carbocycles. The van der Waals surface area contributed by atoms with E-state index >= 15 is 0 Å². The number of nitriles is 1. The normalized spacial score (nSPS) is 11.1. The molecule has 0 saturated carbocycles. The third kappa shape index (κ3) is 5.80. The van der Waals surface area contributed by atoms with Gasteiger partial charge in [-0.1, -0.05) is 18.3 Å². The fourth-order valence-electron chi connectivity index (χ4n) is 4.17. The quantitative estimate of drug-likeness (QED) is 0.120. The SMILES string of the molecule is CCc1nc2ccc(-c3cnc(NSCCOBr)nc3)cn2c1N(CC)c1nc(-c2ccc(F)cc2)c(C#N)s1. The molecule has 40 heavy (non-hydrogen) atoms. The summed E-state index contributed by atoms with van der Waals surface area (Å²) >= 11 is 5.70. The smallest absolute Gasteiger partial charge is 0.232 e. The Balaban J connectivity index is 1.51. The lowest BCUT2D eigenvalue weighted by Gasteiger charge is -2.21. The van der Waals surface area contributed by atoms with Gasteiger partial charge in [0.1, 0.15) is 33.9 Å². The van der Waals surface area contributed by atoms with Gasteiger partial charge >= 0.3 is 0 Å². The van der Waals surface area contributed by atoms with Crippen LogP contribution in [-0.2, 0) is 10.2 Å². The highest BCUT2D eigenvalue weighted by Gasteiger charge is 2.23. The first-order chi connectivity index (χ1) is 19.6. The van der Waals surface area contributed by atoms with Crippen molar-refractivity contribution >= 4 is 62.1 Å². The van der Waals surface area contributed by atoms with Crippen LogP contribution in [0.3, 0.4) is 0 Å². The molecule has 0 fully saturated rings. The summed E-state index contributed by atoms with van der Waals surface area (Å²) in [5.41, 5.74) is 4.74. The van der Waals surface area contributed by atoms with Crippen LogP contribution < -0.4 is 9.62 Å². The third-order valence-corrected chi connectivity index (χ3v) is 8.05. The van der Waals surface area contributed by atoms with Crippen LogP contribution in [0.1, 0.15) is 24.4 Å². The maximum Gasteiger partial charge on any atom is 0.232 e. The second-order valence-electron chi connectivity index (χ2n) is 8.48. The zero-order valence-electron chi connectivity index (χ0n) is 21.6. The van der Waals surface area contributed by atoms with Crippen LogP contribution >= 0.6 is 39.5 Å². The second-order valence-corrected chi connectivity index (χ2v) is 10.8. The standard InChI is InChI=1S/C27H24BrFN8OS2/c1-3-21-25(36(4-2)27-34-24(22(13-30)40-27)17-5-8-20(29)9-6-17)37-16-18(7-10-23(37)33-21)19-14-31-26(32-15-19)35-39-12-11-38-28/h5-10,14-16H,3-4,11-12H2,1-2H3,(H,31,32,35). The van der Waals surface area contributed by atoms with Crippen molar-refractivity contribution in [2.45, 2.75) is 20.3 Å². The Hall–Kier alpha value is -3.57. The third-order valence-electron chi connectivity index (χ3n) is 6.05. The lowest BCUT2D eigenvalue weighted by molar-refractivity contribution is 0.431. The fourth-order valence-corrected chi connectivity index (χ4v) is 6.00. The first-order valence-electron chi connectivity index (χ1n) is 12.4. The summed E-state index contributed by atoms with van der Waals surface area (Å²) in [6.45, 7) is 5.26. The van der Waals surface area contributed by atoms with Crippen molar-refractivity contribution in [2.75, 3.05) is 28.5 Å². The molecule has 0 aliphatic carbocycles. The molecule has 5 rings (SSSR count). The molecule has 9 nitrogen and oxygen atoms in total. The van der Waals surface area contributed by atoms with Crippen molar-refractivity contribution < 1.29 is 8.22 Å². The molecule has 0 saturated heterocycles. The average molecular weight is 640 g/mol. The molecule has 204 valence electrons. The Morgan fingerprint density at radius 2 is 1.85 bits per heavy atom. The van der Waals surface area contributed by atoms with Gasteiger partial charge in [0.2, 0.25) is 5.95 Å². The number of aromatic nitrogens is 5. The molecule has 0 radical (unpaired) electrons. The van der Waals surface area contributed by atoms with Gasteiger partial charge in [0.15, 0.2) is 5.13 Å². The van der Waals surface area contributed by atoms with E-state index in [1.54, 1.807) is 24.5 Å². The number of pyridine rings is 1. The molecule has 0 atom stereocenters. The van der Waals surface area contributed by atoms with E-state index in [1.165, 1.54) is 35.4 Å². The molecule has 0 aliphatic heterocycles. The average Bonchev–Trinajstić information content (AvgIpc) is 3.58. The number of halogens is 2. The first kappa shape index (κ1) is 28.0. The van der Waals surface area contributed by atoms with E-state index in [-0.39, 0.29) is 5.82 Å². The maximum atomic E-state index is 13.5. The lowest BCUT2D eigenvalue weighted by Crippen LogP contribution is -2.19. The second kappa shape index (κ2) is 12.7. The Bertz CT molecular complexity index is 1650. The van der Waals surface area contributed by atoms with Crippen molar-refractivity contribution in [3.8, 4) is 28.5 Å². The number of imidazole rings is 1. The van der Waals surface area contributed by atoms with Gasteiger partial charge < -0.3 is 8.73 Å². The van der Waals surface area contributed by atoms with Gasteiger partial charge in [-0.25, -0.2) is 24.3 Å². The number of rotatable bonds is 11. The van der Waals surface area contributed by atoms with Gasteiger partial charge in [0.25, 0.3) is 0 Å². The van der Waals surface area contributed by atoms with Gasteiger partial charge in [-0.05, 0) is 61.7 Å². The van der Waals surface area contributed by atoms with Crippen LogP contribution in [0, 0.1) is 17.1 Å². The predicted octanol–water partition coefficient (Wildman–Crippen LogP) is 7.03. The molecule has 4 heterocycles. The molecule has 0 bridgehead atoms. The fraction of sp³-hybridized carbons (Fsp3) is 0.222. The largest absolute Gasteiger partial charge is 0.307 e. The van der Waals surface area contributed by atoms with Gasteiger partial charge in [-0.3, -0.25) is 9.12 Å². The van der Waals surface area contributed by atoms with Gasteiger partial charge in [-0.2, -0.15) is 5.26 Å². The van der Waals surface area contributed by atoms with Gasteiger partial charge in [0.05, 0.1) is 28.6 Å². The molecule has 4 aromatic heterocycles. The monoisotopic (exact) mass is 638 g/mol. The first-order valence-corrected chi connectivity index (χ1v) is 14.9. The molecular formula is C27H24BrFN8OS2. The molecule has 0 aliphatic rings. The maximum absolute atomic E-state index is 13.5. The van der Waals surface area contributed by atoms with Crippen molar-refractivity contribution in [2.24, 2.45) is 0 Å². The lowest BCUT2D eigenvalue weighted by atomic mass is 10.1. The van der Waals surface area contributed by atoms with Crippen LogP contribution in [0.15, 0.2) is 55.0 Å². The van der Waals surface area contributed by atoms with Crippen molar-refractivity contribution in [1.29, 1.82) is 5.26 Å². The van der Waals surface area contributed by atoms with E-state index in [9.17, 15) is 9.65 Å². The van der Waals surface area contributed by atoms with Crippen LogP contribution in [0.4, 0.5) is 21.3 Å². The summed E-state index contributed by atoms with van der Waals surface area (Å²) in [7, 11) is 0. The van der Waals surface area contributed by atoms with Gasteiger partial charge in [0, 0.05) is 47.6 Å². The number of nitrogens with zero attached hydrogens (tertiary/aromatic N) is 7. The molecule has 1 N–H and O–H groups in total. The summed E-state index contributed by atoms with van der Waals surface area (Å²) in [6.07, 6.45) is 6.29.